The number of ether oxygens (including phenoxy) is 2. The van der Waals surface area contributed by atoms with Crippen molar-refractivity contribution in [3.8, 4) is 11.5 Å². The van der Waals surface area contributed by atoms with Crippen LogP contribution in [-0.2, 0) is 17.4 Å². The van der Waals surface area contributed by atoms with Gasteiger partial charge < -0.3 is 14.6 Å². The molecule has 4 rings (SSSR count). The van der Waals surface area contributed by atoms with Crippen molar-refractivity contribution in [1.29, 1.82) is 0 Å². The summed E-state index contributed by atoms with van der Waals surface area (Å²) < 4.78 is 51.0. The van der Waals surface area contributed by atoms with Crippen LogP contribution in [0, 0.1) is 0 Å². The van der Waals surface area contributed by atoms with Crippen molar-refractivity contribution in [3.63, 3.8) is 0 Å². The predicted octanol–water partition coefficient (Wildman–Crippen LogP) is 5.48. The number of rotatable bonds is 4. The van der Waals surface area contributed by atoms with Gasteiger partial charge in [0.25, 0.3) is 0 Å². The van der Waals surface area contributed by atoms with Crippen LogP contribution in [0.15, 0.2) is 34.8 Å². The largest absolute Gasteiger partial charge is 0.492 e. The number of hydrogen-bond donors (Lipinski definition) is 1. The van der Waals surface area contributed by atoms with E-state index >= 15 is 0 Å². The number of benzene rings is 2. The molecule has 2 unspecified atom stereocenters. The molecule has 2 aromatic rings. The van der Waals surface area contributed by atoms with Crippen molar-refractivity contribution in [2.45, 2.75) is 37.5 Å². The van der Waals surface area contributed by atoms with E-state index in [0.29, 0.717) is 36.5 Å². The van der Waals surface area contributed by atoms with Gasteiger partial charge in [-0.15, -0.1) is 0 Å². The summed E-state index contributed by atoms with van der Waals surface area (Å²) in [5.74, 6) is 0.0674. The zero-order chi connectivity index (χ0) is 20.1. The molecule has 148 valence electrons. The van der Waals surface area contributed by atoms with Crippen molar-refractivity contribution in [3.05, 3.63) is 57.1 Å². The van der Waals surface area contributed by atoms with Crippen LogP contribution in [-0.4, -0.2) is 17.7 Å². The van der Waals surface area contributed by atoms with Crippen LogP contribution in [0.3, 0.4) is 0 Å². The number of carboxylic acids is 1. The van der Waals surface area contributed by atoms with E-state index in [1.807, 2.05) is 0 Å². The van der Waals surface area contributed by atoms with Gasteiger partial charge in [0.1, 0.15) is 17.6 Å². The van der Waals surface area contributed by atoms with E-state index in [1.54, 1.807) is 18.2 Å². The molecule has 0 fully saturated rings. The average molecular weight is 457 g/mol. The van der Waals surface area contributed by atoms with Gasteiger partial charge in [-0.1, -0.05) is 12.1 Å². The minimum Gasteiger partial charge on any atom is -0.492 e. The summed E-state index contributed by atoms with van der Waals surface area (Å²) in [7, 11) is 0. The van der Waals surface area contributed by atoms with Gasteiger partial charge in [-0.3, -0.25) is 4.79 Å². The molecule has 2 aliphatic rings. The molecule has 0 bridgehead atoms. The van der Waals surface area contributed by atoms with Crippen LogP contribution in [0.5, 0.6) is 11.5 Å². The summed E-state index contributed by atoms with van der Waals surface area (Å²) in [6, 6.07) is 7.82. The number of aliphatic carboxylic acids is 1. The van der Waals surface area contributed by atoms with Crippen molar-refractivity contribution in [2.24, 2.45) is 0 Å². The second kappa shape index (κ2) is 6.99. The molecule has 0 saturated carbocycles. The Morgan fingerprint density at radius 3 is 2.71 bits per heavy atom. The predicted molar refractivity (Wildman–Crippen MR) is 97.8 cm³/mol. The number of hydrogen-bond acceptors (Lipinski definition) is 3. The Kier molecular flexibility index (Phi) is 4.77. The minimum absolute atomic E-state index is 0.00122. The zero-order valence-electron chi connectivity index (χ0n) is 14.6. The lowest BCUT2D eigenvalue weighted by atomic mass is 9.98. The highest BCUT2D eigenvalue weighted by Crippen LogP contribution is 2.45. The van der Waals surface area contributed by atoms with Crippen molar-refractivity contribution >= 4 is 21.9 Å². The molecule has 8 heteroatoms. The Morgan fingerprint density at radius 1 is 1.25 bits per heavy atom. The molecule has 2 atom stereocenters. The highest BCUT2D eigenvalue weighted by Gasteiger charge is 2.37. The maximum atomic E-state index is 13.1. The van der Waals surface area contributed by atoms with Gasteiger partial charge in [0, 0.05) is 22.0 Å². The first-order valence-corrected chi connectivity index (χ1v) is 9.57. The minimum atomic E-state index is -4.41. The van der Waals surface area contributed by atoms with Crippen molar-refractivity contribution in [2.75, 3.05) is 6.61 Å². The molecule has 0 amide bonds. The molecular formula is C20H16BrF3O4. The Bertz CT molecular complexity index is 942. The smallest absolute Gasteiger partial charge is 0.417 e. The molecule has 0 aromatic heterocycles. The second-order valence-electron chi connectivity index (χ2n) is 6.94. The lowest BCUT2D eigenvalue weighted by molar-refractivity contribution is -0.138. The molecular weight excluding hydrogens is 441 g/mol. The van der Waals surface area contributed by atoms with E-state index in [-0.39, 0.29) is 22.9 Å². The fourth-order valence-corrected chi connectivity index (χ4v) is 4.62. The van der Waals surface area contributed by atoms with Crippen molar-refractivity contribution < 1.29 is 32.5 Å². The summed E-state index contributed by atoms with van der Waals surface area (Å²) in [6.45, 7) is 0.310. The first-order valence-electron chi connectivity index (χ1n) is 8.77. The fraction of sp³-hybridized carbons (Fsp3) is 0.350. The Hall–Kier alpha value is -2.22. The number of carboxylic acid groups (broad SMARTS) is 1. The van der Waals surface area contributed by atoms with Gasteiger partial charge in [0.15, 0.2) is 0 Å². The number of halogens is 4. The Morgan fingerprint density at radius 2 is 2.00 bits per heavy atom. The van der Waals surface area contributed by atoms with Crippen LogP contribution in [0.4, 0.5) is 13.2 Å². The van der Waals surface area contributed by atoms with E-state index < -0.39 is 17.7 Å². The molecule has 2 aromatic carbocycles. The van der Waals surface area contributed by atoms with E-state index in [0.717, 1.165) is 17.2 Å². The summed E-state index contributed by atoms with van der Waals surface area (Å²) in [4.78, 5) is 10.9. The van der Waals surface area contributed by atoms with Gasteiger partial charge in [-0.05, 0) is 52.0 Å². The molecule has 1 aliphatic carbocycles. The molecule has 1 aliphatic heterocycles. The topological polar surface area (TPSA) is 55.8 Å². The highest BCUT2D eigenvalue weighted by atomic mass is 79.9. The quantitative estimate of drug-likeness (QED) is 0.661. The average Bonchev–Trinajstić information content (AvgIpc) is 3.19. The van der Waals surface area contributed by atoms with Crippen LogP contribution < -0.4 is 9.47 Å². The van der Waals surface area contributed by atoms with Gasteiger partial charge in [0.2, 0.25) is 0 Å². The number of carbonyl (C=O) groups is 1. The summed E-state index contributed by atoms with van der Waals surface area (Å²) in [5, 5.41) is 8.97. The van der Waals surface area contributed by atoms with E-state index in [2.05, 4.69) is 15.9 Å². The molecule has 4 nitrogen and oxygen atoms in total. The molecule has 1 N–H and O–H groups in total. The van der Waals surface area contributed by atoms with E-state index in [4.69, 9.17) is 14.6 Å². The Balaban J connectivity index is 1.55. The molecule has 0 saturated heterocycles. The third kappa shape index (κ3) is 3.45. The standard InChI is InChI=1S/C20H16BrF3O4/c21-19-14-4-6-16(13(14)3-5-15(19)20(22,23)24)28-11-1-2-12-10(7-18(25)26)9-27-17(12)8-11/h1-3,5,8,10,16H,4,6-7,9H2,(H,25,26). The maximum absolute atomic E-state index is 13.1. The highest BCUT2D eigenvalue weighted by molar-refractivity contribution is 9.10. The van der Waals surface area contributed by atoms with Crippen LogP contribution in [0.2, 0.25) is 0 Å². The monoisotopic (exact) mass is 456 g/mol. The zero-order valence-corrected chi connectivity index (χ0v) is 16.1. The second-order valence-corrected chi connectivity index (χ2v) is 7.74. The molecule has 28 heavy (non-hydrogen) atoms. The van der Waals surface area contributed by atoms with Crippen LogP contribution >= 0.6 is 15.9 Å². The van der Waals surface area contributed by atoms with Gasteiger partial charge in [-0.2, -0.15) is 13.2 Å². The lowest BCUT2D eigenvalue weighted by Crippen LogP contribution is -2.09. The third-order valence-corrected chi connectivity index (χ3v) is 6.06. The third-order valence-electron chi connectivity index (χ3n) is 5.15. The van der Waals surface area contributed by atoms with E-state index in [1.165, 1.54) is 6.07 Å². The SMILES string of the molecule is O=C(O)CC1COc2cc(OC3CCc4c3ccc(C(F)(F)F)c4Br)ccc21. The first-order chi connectivity index (χ1) is 13.2. The molecule has 1 heterocycles. The summed E-state index contributed by atoms with van der Waals surface area (Å²) >= 11 is 3.10. The van der Waals surface area contributed by atoms with Crippen LogP contribution in [0.25, 0.3) is 0 Å². The molecule has 0 radical (unpaired) electrons. The maximum Gasteiger partial charge on any atom is 0.417 e. The number of alkyl halides is 3. The fourth-order valence-electron chi connectivity index (χ4n) is 3.84. The van der Waals surface area contributed by atoms with Crippen LogP contribution in [0.1, 0.15) is 47.1 Å². The van der Waals surface area contributed by atoms with Gasteiger partial charge >= 0.3 is 12.1 Å². The first kappa shape index (κ1) is 19.1. The summed E-state index contributed by atoms with van der Waals surface area (Å²) in [6.07, 6.45) is -3.68. The lowest BCUT2D eigenvalue weighted by Gasteiger charge is -2.17. The number of fused-ring (bicyclic) bond motifs is 2. The van der Waals surface area contributed by atoms with E-state index in [9.17, 15) is 18.0 Å². The molecule has 0 spiro atoms. The van der Waals surface area contributed by atoms with Gasteiger partial charge in [0.05, 0.1) is 18.6 Å². The van der Waals surface area contributed by atoms with Gasteiger partial charge in [-0.25, -0.2) is 0 Å². The Labute approximate surface area is 167 Å². The summed E-state index contributed by atoms with van der Waals surface area (Å²) in [5.41, 5.74) is 1.52. The van der Waals surface area contributed by atoms with Crippen molar-refractivity contribution in [1.82, 2.24) is 0 Å². The normalized spacial score (nSPS) is 20.4.